The minimum atomic E-state index is 0.254. The van der Waals surface area contributed by atoms with Crippen molar-refractivity contribution < 1.29 is 4.79 Å². The second kappa shape index (κ2) is 10.5. The number of hydrogen-bond acceptors (Lipinski definition) is 3. The van der Waals surface area contributed by atoms with Gasteiger partial charge in [-0.1, -0.05) is 38.1 Å². The lowest BCUT2D eigenvalue weighted by atomic mass is 10.1. The van der Waals surface area contributed by atoms with Crippen LogP contribution in [0.3, 0.4) is 0 Å². The van der Waals surface area contributed by atoms with Crippen LogP contribution in [0.15, 0.2) is 35.5 Å². The van der Waals surface area contributed by atoms with E-state index in [1.54, 1.807) is 0 Å². The summed E-state index contributed by atoms with van der Waals surface area (Å²) in [5, 5.41) is 8.04. The van der Waals surface area contributed by atoms with Crippen LogP contribution in [-0.4, -0.2) is 51.6 Å². The van der Waals surface area contributed by atoms with E-state index in [4.69, 9.17) is 4.99 Å². The third-order valence-electron chi connectivity index (χ3n) is 5.64. The van der Waals surface area contributed by atoms with E-state index in [1.807, 2.05) is 28.8 Å². The Balaban J connectivity index is 1.75. The number of rotatable bonds is 8. The highest BCUT2D eigenvalue weighted by Crippen LogP contribution is 2.20. The van der Waals surface area contributed by atoms with Gasteiger partial charge in [0.2, 0.25) is 5.91 Å². The Morgan fingerprint density at radius 1 is 1.26 bits per heavy atom. The number of amides is 1. The molecule has 0 radical (unpaired) electrons. The maximum atomic E-state index is 12.1. The Bertz CT molecular complexity index is 917. The molecule has 1 aromatic carbocycles. The van der Waals surface area contributed by atoms with Gasteiger partial charge in [0.05, 0.1) is 12.2 Å². The zero-order chi connectivity index (χ0) is 22.4. The first-order valence-electron chi connectivity index (χ1n) is 11.3. The molecule has 0 saturated carbocycles. The zero-order valence-electron chi connectivity index (χ0n) is 19.6. The van der Waals surface area contributed by atoms with Crippen LogP contribution in [0.5, 0.6) is 0 Å². The van der Waals surface area contributed by atoms with E-state index in [0.717, 1.165) is 43.3 Å². The summed E-state index contributed by atoms with van der Waals surface area (Å²) >= 11 is 0. The van der Waals surface area contributed by atoms with Crippen molar-refractivity contribution in [1.82, 2.24) is 24.9 Å². The molecule has 168 valence electrons. The number of hydrogen-bond donors (Lipinski definition) is 1. The van der Waals surface area contributed by atoms with Crippen LogP contribution >= 0.6 is 0 Å². The van der Waals surface area contributed by atoms with E-state index in [9.17, 15) is 4.79 Å². The first-order chi connectivity index (χ1) is 14.9. The van der Waals surface area contributed by atoms with E-state index in [0.29, 0.717) is 25.4 Å². The average Bonchev–Trinajstić information content (AvgIpc) is 3.31. The fourth-order valence-electron chi connectivity index (χ4n) is 4.07. The third-order valence-corrected chi connectivity index (χ3v) is 5.64. The Hall–Kier alpha value is -2.83. The van der Waals surface area contributed by atoms with Crippen LogP contribution in [-0.2, 0) is 31.5 Å². The number of nitrogens with one attached hydrogen (secondary N) is 1. The normalized spacial score (nSPS) is 14.6. The molecule has 0 bridgehead atoms. The summed E-state index contributed by atoms with van der Waals surface area (Å²) in [6.07, 6.45) is 3.72. The van der Waals surface area contributed by atoms with Crippen molar-refractivity contribution in [1.29, 1.82) is 0 Å². The summed E-state index contributed by atoms with van der Waals surface area (Å²) in [4.78, 5) is 21.1. The van der Waals surface area contributed by atoms with Crippen molar-refractivity contribution in [2.75, 3.05) is 20.1 Å². The lowest BCUT2D eigenvalue weighted by Crippen LogP contribution is -2.38. The van der Waals surface area contributed by atoms with Crippen molar-refractivity contribution in [2.24, 2.45) is 12.0 Å². The summed E-state index contributed by atoms with van der Waals surface area (Å²) in [6.45, 7) is 10.1. The van der Waals surface area contributed by atoms with Crippen LogP contribution < -0.4 is 5.32 Å². The Labute approximate surface area is 186 Å². The first kappa shape index (κ1) is 22.8. The number of nitrogens with zero attached hydrogens (tertiary/aromatic N) is 5. The van der Waals surface area contributed by atoms with Gasteiger partial charge in [0, 0.05) is 58.5 Å². The number of aryl methyl sites for hydroxylation is 1. The van der Waals surface area contributed by atoms with Gasteiger partial charge in [0.25, 0.3) is 0 Å². The van der Waals surface area contributed by atoms with Gasteiger partial charge in [0.1, 0.15) is 0 Å². The number of aromatic nitrogens is 2. The summed E-state index contributed by atoms with van der Waals surface area (Å²) in [5.74, 6) is 1.50. The van der Waals surface area contributed by atoms with Gasteiger partial charge >= 0.3 is 0 Å². The van der Waals surface area contributed by atoms with E-state index in [-0.39, 0.29) is 5.91 Å². The summed E-state index contributed by atoms with van der Waals surface area (Å²) in [6, 6.07) is 8.30. The molecule has 7 nitrogen and oxygen atoms in total. The molecule has 7 heteroatoms. The van der Waals surface area contributed by atoms with Crippen molar-refractivity contribution >= 4 is 11.9 Å². The fourth-order valence-corrected chi connectivity index (χ4v) is 4.07. The summed E-state index contributed by atoms with van der Waals surface area (Å²) in [7, 11) is 4.03. The van der Waals surface area contributed by atoms with Crippen LogP contribution in [0.2, 0.25) is 0 Å². The summed E-state index contributed by atoms with van der Waals surface area (Å²) in [5.41, 5.74) is 4.69. The molecule has 1 fully saturated rings. The monoisotopic (exact) mass is 424 g/mol. The van der Waals surface area contributed by atoms with Gasteiger partial charge < -0.3 is 15.1 Å². The number of guanidine groups is 1. The maximum Gasteiger partial charge on any atom is 0.222 e. The lowest BCUT2D eigenvalue weighted by Gasteiger charge is -2.23. The number of carbonyl (C=O) groups is 1. The van der Waals surface area contributed by atoms with Gasteiger partial charge in [-0.2, -0.15) is 5.10 Å². The van der Waals surface area contributed by atoms with Crippen molar-refractivity contribution in [3.63, 3.8) is 0 Å². The van der Waals surface area contributed by atoms with E-state index in [2.05, 4.69) is 61.5 Å². The smallest absolute Gasteiger partial charge is 0.222 e. The number of benzene rings is 1. The minimum Gasteiger partial charge on any atom is -0.357 e. The predicted octanol–water partition coefficient (Wildman–Crippen LogP) is 3.26. The molecule has 1 saturated heterocycles. The molecule has 0 aliphatic carbocycles. The van der Waals surface area contributed by atoms with Crippen LogP contribution in [0, 0.1) is 0 Å². The summed E-state index contributed by atoms with van der Waals surface area (Å²) < 4.78 is 1.89. The van der Waals surface area contributed by atoms with E-state index >= 15 is 0 Å². The minimum absolute atomic E-state index is 0.254. The standard InChI is InChI=1S/C24H36N6O/c1-6-25-24(28(4)15-21-16-29(5)27-23(21)18(2)3)26-14-19-10-7-8-11-20(19)17-30-13-9-12-22(30)31/h7-8,10-11,16,18H,6,9,12-15,17H2,1-5H3,(H,25,26). The molecule has 1 N–H and O–H groups in total. The molecule has 0 atom stereocenters. The van der Waals surface area contributed by atoms with Crippen molar-refractivity contribution in [3.8, 4) is 0 Å². The molecular formula is C24H36N6O. The van der Waals surface area contributed by atoms with Crippen LogP contribution in [0.25, 0.3) is 0 Å². The van der Waals surface area contributed by atoms with Crippen molar-refractivity contribution in [3.05, 3.63) is 52.8 Å². The van der Waals surface area contributed by atoms with Crippen LogP contribution in [0.4, 0.5) is 0 Å². The molecule has 1 amide bonds. The molecule has 1 aliphatic rings. The highest BCUT2D eigenvalue weighted by atomic mass is 16.2. The zero-order valence-corrected chi connectivity index (χ0v) is 19.6. The maximum absolute atomic E-state index is 12.1. The first-order valence-corrected chi connectivity index (χ1v) is 11.3. The lowest BCUT2D eigenvalue weighted by molar-refractivity contribution is -0.128. The fraction of sp³-hybridized carbons (Fsp3) is 0.542. The van der Waals surface area contributed by atoms with E-state index in [1.165, 1.54) is 11.1 Å². The molecule has 0 spiro atoms. The molecule has 3 rings (SSSR count). The highest BCUT2D eigenvalue weighted by Gasteiger charge is 2.21. The van der Waals surface area contributed by atoms with Gasteiger partial charge in [-0.3, -0.25) is 9.48 Å². The average molecular weight is 425 g/mol. The van der Waals surface area contributed by atoms with Crippen LogP contribution in [0.1, 0.15) is 61.9 Å². The molecule has 2 aromatic rings. The van der Waals surface area contributed by atoms with Gasteiger partial charge in [-0.15, -0.1) is 0 Å². The molecule has 2 heterocycles. The Kier molecular flexibility index (Phi) is 7.71. The predicted molar refractivity (Wildman–Crippen MR) is 125 cm³/mol. The Morgan fingerprint density at radius 2 is 2.00 bits per heavy atom. The Morgan fingerprint density at radius 3 is 2.65 bits per heavy atom. The third kappa shape index (κ3) is 5.87. The highest BCUT2D eigenvalue weighted by molar-refractivity contribution is 5.80. The molecule has 31 heavy (non-hydrogen) atoms. The van der Waals surface area contributed by atoms with Gasteiger partial charge in [0.15, 0.2) is 5.96 Å². The second-order valence-corrected chi connectivity index (χ2v) is 8.58. The topological polar surface area (TPSA) is 65.8 Å². The van der Waals surface area contributed by atoms with Gasteiger partial charge in [-0.05, 0) is 30.4 Å². The number of aliphatic imine (C=N–C) groups is 1. The van der Waals surface area contributed by atoms with E-state index < -0.39 is 0 Å². The molecular weight excluding hydrogens is 388 g/mol. The number of likely N-dealkylation sites (tertiary alicyclic amines) is 1. The van der Waals surface area contributed by atoms with Gasteiger partial charge in [-0.25, -0.2) is 4.99 Å². The second-order valence-electron chi connectivity index (χ2n) is 8.58. The largest absolute Gasteiger partial charge is 0.357 e. The molecule has 1 aromatic heterocycles. The molecule has 1 aliphatic heterocycles. The SMILES string of the molecule is CCNC(=NCc1ccccc1CN1CCCC1=O)N(C)Cc1cn(C)nc1C(C)C. The number of carbonyl (C=O) groups excluding carboxylic acids is 1. The van der Waals surface area contributed by atoms with Crippen molar-refractivity contribution in [2.45, 2.75) is 59.2 Å². The molecule has 0 unspecified atom stereocenters. The quantitative estimate of drug-likeness (QED) is 0.522.